The summed E-state index contributed by atoms with van der Waals surface area (Å²) in [5.74, 6) is -1.26. The number of rotatable bonds is 1. The van der Waals surface area contributed by atoms with Crippen LogP contribution in [0, 0.1) is 5.92 Å². The predicted octanol–water partition coefficient (Wildman–Crippen LogP) is 1.42. The highest BCUT2D eigenvalue weighted by atomic mass is 16.7. The zero-order valence-corrected chi connectivity index (χ0v) is 11.5. The van der Waals surface area contributed by atoms with E-state index in [0.717, 1.165) is 16.7 Å². The van der Waals surface area contributed by atoms with Gasteiger partial charge in [0.1, 0.15) is 0 Å². The minimum Gasteiger partial charge on any atom is -0.449 e. The zero-order chi connectivity index (χ0) is 14.9. The van der Waals surface area contributed by atoms with E-state index >= 15 is 0 Å². The van der Waals surface area contributed by atoms with E-state index in [1.165, 1.54) is 0 Å². The van der Waals surface area contributed by atoms with Crippen LogP contribution in [0.1, 0.15) is 26.7 Å². The third-order valence-electron chi connectivity index (χ3n) is 3.85. The van der Waals surface area contributed by atoms with Crippen molar-refractivity contribution in [3.05, 3.63) is 22.3 Å². The second-order valence-corrected chi connectivity index (χ2v) is 5.18. The normalized spacial score (nSPS) is 23.3. The topological polar surface area (TPSA) is 92.7 Å². The Morgan fingerprint density at radius 2 is 1.85 bits per heavy atom. The van der Waals surface area contributed by atoms with Gasteiger partial charge in [-0.15, -0.1) is 0 Å². The molecule has 1 saturated carbocycles. The Balaban J connectivity index is 2.32. The summed E-state index contributed by atoms with van der Waals surface area (Å²) >= 11 is 0. The smallest absolute Gasteiger partial charge is 0.449 e. The van der Waals surface area contributed by atoms with E-state index in [1.54, 1.807) is 6.92 Å². The Kier molecular flexibility index (Phi) is 4.04. The van der Waals surface area contributed by atoms with Crippen LogP contribution >= 0.6 is 0 Å². The fourth-order valence-electron chi connectivity index (χ4n) is 2.73. The second kappa shape index (κ2) is 5.58. The van der Waals surface area contributed by atoms with E-state index in [9.17, 15) is 14.4 Å². The lowest BCUT2D eigenvalue weighted by molar-refractivity contribution is -0.143. The van der Waals surface area contributed by atoms with Gasteiger partial charge in [0.05, 0.1) is 12.5 Å². The van der Waals surface area contributed by atoms with Crippen molar-refractivity contribution < 1.29 is 24.2 Å². The molecule has 108 valence electrons. The summed E-state index contributed by atoms with van der Waals surface area (Å²) in [4.78, 5) is 34.1. The van der Waals surface area contributed by atoms with Crippen molar-refractivity contribution in [1.82, 2.24) is 5.32 Å². The summed E-state index contributed by atoms with van der Waals surface area (Å²) in [7, 11) is 0. The average Bonchev–Trinajstić information content (AvgIpc) is 2.80. The van der Waals surface area contributed by atoms with Gasteiger partial charge in [-0.05, 0) is 43.4 Å². The molecule has 1 atom stereocenters. The first-order valence-corrected chi connectivity index (χ1v) is 6.47. The Bertz CT molecular complexity index is 544. The van der Waals surface area contributed by atoms with Crippen molar-refractivity contribution in [3.63, 3.8) is 0 Å². The van der Waals surface area contributed by atoms with Gasteiger partial charge in [-0.2, -0.15) is 0 Å². The average molecular weight is 279 g/mol. The molecule has 1 aliphatic carbocycles. The van der Waals surface area contributed by atoms with Crippen LogP contribution in [0.3, 0.4) is 0 Å². The van der Waals surface area contributed by atoms with Crippen LogP contribution in [-0.2, 0) is 14.3 Å². The predicted molar refractivity (Wildman–Crippen MR) is 70.1 cm³/mol. The Hall–Kier alpha value is -1.95. The Morgan fingerprint density at radius 3 is 2.50 bits per heavy atom. The SMILES string of the molecule is CC1=C2CC(C(=O)OC(=O)O)CC2=C(C)C(=O)CNC1. The highest BCUT2D eigenvalue weighted by molar-refractivity contribution is 5.98. The third kappa shape index (κ3) is 2.80. The number of ketones is 1. The van der Waals surface area contributed by atoms with E-state index in [0.29, 0.717) is 25.0 Å². The molecule has 0 saturated heterocycles. The summed E-state index contributed by atoms with van der Waals surface area (Å²) in [6, 6.07) is 0. The van der Waals surface area contributed by atoms with Crippen LogP contribution in [0.15, 0.2) is 22.3 Å². The largest absolute Gasteiger partial charge is 0.513 e. The van der Waals surface area contributed by atoms with Crippen molar-refractivity contribution in [1.29, 1.82) is 0 Å². The van der Waals surface area contributed by atoms with Crippen LogP contribution in [0.5, 0.6) is 0 Å². The number of carboxylic acid groups (broad SMARTS) is 1. The fourth-order valence-corrected chi connectivity index (χ4v) is 2.73. The van der Waals surface area contributed by atoms with Crippen molar-refractivity contribution in [3.8, 4) is 0 Å². The van der Waals surface area contributed by atoms with Crippen LogP contribution in [-0.4, -0.2) is 36.1 Å². The number of Topliss-reactive ketones (excluding diaryl/α,β-unsaturated/α-hetero) is 1. The Morgan fingerprint density at radius 1 is 1.20 bits per heavy atom. The molecule has 1 unspecified atom stereocenters. The summed E-state index contributed by atoms with van der Waals surface area (Å²) in [5, 5.41) is 11.6. The molecule has 0 bridgehead atoms. The fraction of sp³-hybridized carbons (Fsp3) is 0.500. The van der Waals surface area contributed by atoms with Gasteiger partial charge in [0.25, 0.3) is 0 Å². The van der Waals surface area contributed by atoms with E-state index < -0.39 is 18.0 Å². The highest BCUT2D eigenvalue weighted by Gasteiger charge is 2.35. The first-order chi connectivity index (χ1) is 9.40. The molecule has 2 rings (SSSR count). The van der Waals surface area contributed by atoms with Crippen LogP contribution < -0.4 is 5.32 Å². The number of fused-ring (bicyclic) bond motifs is 1. The van der Waals surface area contributed by atoms with Crippen molar-refractivity contribution in [2.75, 3.05) is 13.1 Å². The van der Waals surface area contributed by atoms with Gasteiger partial charge in [-0.1, -0.05) is 5.57 Å². The molecule has 0 spiro atoms. The number of allylic oxidation sites excluding steroid dienone is 2. The van der Waals surface area contributed by atoms with E-state index in [-0.39, 0.29) is 12.3 Å². The molecule has 1 heterocycles. The van der Waals surface area contributed by atoms with Crippen LogP contribution in [0.25, 0.3) is 0 Å². The van der Waals surface area contributed by atoms with Crippen molar-refractivity contribution in [2.24, 2.45) is 5.92 Å². The molecule has 6 nitrogen and oxygen atoms in total. The quantitative estimate of drug-likeness (QED) is 0.557. The molecule has 0 aromatic heterocycles. The maximum Gasteiger partial charge on any atom is 0.513 e. The molecule has 20 heavy (non-hydrogen) atoms. The number of hydrogen-bond donors (Lipinski definition) is 2. The van der Waals surface area contributed by atoms with Gasteiger partial charge < -0.3 is 15.2 Å². The minimum atomic E-state index is -1.59. The van der Waals surface area contributed by atoms with E-state index in [1.807, 2.05) is 6.92 Å². The molecule has 6 heteroatoms. The molecular weight excluding hydrogens is 262 g/mol. The standard InChI is InChI=1S/C14H17NO5/c1-7-5-15-6-12(16)8(2)11-4-9(3-10(7)11)13(17)20-14(18)19/h9,15H,3-6H2,1-2H3,(H,18,19). The summed E-state index contributed by atoms with van der Waals surface area (Å²) in [5.41, 5.74) is 3.59. The molecule has 0 amide bonds. The van der Waals surface area contributed by atoms with Gasteiger partial charge in [0.15, 0.2) is 5.78 Å². The summed E-state index contributed by atoms with van der Waals surface area (Å²) in [6.07, 6.45) is -0.788. The maximum atomic E-state index is 11.9. The number of nitrogens with one attached hydrogen (secondary N) is 1. The molecular formula is C14H17NO5. The van der Waals surface area contributed by atoms with E-state index in [4.69, 9.17) is 5.11 Å². The molecule has 0 aromatic carbocycles. The molecule has 2 aliphatic rings. The van der Waals surface area contributed by atoms with Gasteiger partial charge in [0.2, 0.25) is 0 Å². The number of ether oxygens (including phenoxy) is 1. The first kappa shape index (κ1) is 14.5. The molecule has 1 fully saturated rings. The van der Waals surface area contributed by atoms with Crippen molar-refractivity contribution in [2.45, 2.75) is 26.7 Å². The number of hydrogen-bond acceptors (Lipinski definition) is 5. The second-order valence-electron chi connectivity index (χ2n) is 5.18. The number of esters is 1. The van der Waals surface area contributed by atoms with Gasteiger partial charge in [0, 0.05) is 6.54 Å². The first-order valence-electron chi connectivity index (χ1n) is 6.47. The van der Waals surface area contributed by atoms with Gasteiger partial charge in [-0.3, -0.25) is 9.59 Å². The van der Waals surface area contributed by atoms with E-state index in [2.05, 4.69) is 10.1 Å². The molecule has 1 aliphatic heterocycles. The monoisotopic (exact) mass is 279 g/mol. The molecule has 0 radical (unpaired) electrons. The van der Waals surface area contributed by atoms with Gasteiger partial charge in [-0.25, -0.2) is 4.79 Å². The van der Waals surface area contributed by atoms with Crippen LogP contribution in [0.2, 0.25) is 0 Å². The maximum absolute atomic E-state index is 11.9. The third-order valence-corrected chi connectivity index (χ3v) is 3.85. The number of carbonyl (C=O) groups excluding carboxylic acids is 2. The van der Waals surface area contributed by atoms with Crippen LogP contribution in [0.4, 0.5) is 4.79 Å². The summed E-state index contributed by atoms with van der Waals surface area (Å²) in [6.45, 7) is 4.59. The summed E-state index contributed by atoms with van der Waals surface area (Å²) < 4.78 is 4.23. The molecule has 2 N–H and O–H groups in total. The number of carbonyl (C=O) groups is 3. The Labute approximate surface area is 116 Å². The molecule has 0 aromatic rings. The lowest BCUT2D eigenvalue weighted by Crippen LogP contribution is -2.27. The zero-order valence-electron chi connectivity index (χ0n) is 11.5. The minimum absolute atomic E-state index is 0.0113. The van der Waals surface area contributed by atoms with Crippen molar-refractivity contribution >= 4 is 17.9 Å². The lowest BCUT2D eigenvalue weighted by Gasteiger charge is -2.15. The highest BCUT2D eigenvalue weighted by Crippen LogP contribution is 2.40. The van der Waals surface area contributed by atoms with Gasteiger partial charge >= 0.3 is 12.1 Å². The lowest BCUT2D eigenvalue weighted by atomic mass is 9.95.